The highest BCUT2D eigenvalue weighted by Gasteiger charge is 2.34. The average Bonchev–Trinajstić information content (AvgIpc) is 2.85. The maximum absolute atomic E-state index is 6.36. The van der Waals surface area contributed by atoms with Gasteiger partial charge in [0.1, 0.15) is 0 Å². The van der Waals surface area contributed by atoms with Gasteiger partial charge in [-0.05, 0) is 26.2 Å². The Bertz CT molecular complexity index is 359. The van der Waals surface area contributed by atoms with E-state index in [9.17, 15) is 0 Å². The van der Waals surface area contributed by atoms with Crippen LogP contribution in [-0.4, -0.2) is 23.4 Å². The fraction of sp³-hybridized carbons (Fsp3) is 0.846. The van der Waals surface area contributed by atoms with Crippen molar-refractivity contribution in [3.8, 4) is 0 Å². The second-order valence-corrected chi connectivity index (χ2v) is 5.03. The minimum atomic E-state index is -0.361. The first-order valence-corrected chi connectivity index (χ1v) is 6.94. The predicted octanol–water partition coefficient (Wildman–Crippen LogP) is 2.16. The van der Waals surface area contributed by atoms with Crippen molar-refractivity contribution in [1.82, 2.24) is 10.1 Å². The van der Waals surface area contributed by atoms with Crippen molar-refractivity contribution in [3.05, 3.63) is 11.7 Å². The lowest BCUT2D eigenvalue weighted by atomic mass is 9.82. The summed E-state index contributed by atoms with van der Waals surface area (Å²) in [5, 5.41) is 4.06. The molecule has 18 heavy (non-hydrogen) atoms. The van der Waals surface area contributed by atoms with Crippen molar-refractivity contribution in [2.45, 2.75) is 57.4 Å². The van der Waals surface area contributed by atoms with Gasteiger partial charge in [-0.3, -0.25) is 0 Å². The minimum Gasteiger partial charge on any atom is -0.382 e. The summed E-state index contributed by atoms with van der Waals surface area (Å²) < 4.78 is 10.6. The van der Waals surface area contributed by atoms with Gasteiger partial charge in [-0.15, -0.1) is 0 Å². The topological polar surface area (TPSA) is 74.2 Å². The largest absolute Gasteiger partial charge is 0.382 e. The summed E-state index contributed by atoms with van der Waals surface area (Å²) >= 11 is 0. The third-order valence-electron chi connectivity index (χ3n) is 3.54. The van der Waals surface area contributed by atoms with Gasteiger partial charge in [0.05, 0.1) is 5.54 Å². The van der Waals surface area contributed by atoms with Crippen LogP contribution in [0.5, 0.6) is 0 Å². The lowest BCUT2D eigenvalue weighted by Gasteiger charge is -2.29. The number of nitrogens with zero attached hydrogens (tertiary/aromatic N) is 2. The molecule has 2 rings (SSSR count). The van der Waals surface area contributed by atoms with Crippen LogP contribution in [0.3, 0.4) is 0 Å². The van der Waals surface area contributed by atoms with Crippen molar-refractivity contribution >= 4 is 0 Å². The molecule has 0 saturated heterocycles. The van der Waals surface area contributed by atoms with Crippen LogP contribution < -0.4 is 5.73 Å². The Morgan fingerprint density at radius 2 is 2.11 bits per heavy atom. The fourth-order valence-corrected chi connectivity index (χ4v) is 2.43. The van der Waals surface area contributed by atoms with E-state index in [1.807, 2.05) is 6.92 Å². The zero-order valence-electron chi connectivity index (χ0n) is 11.2. The summed E-state index contributed by atoms with van der Waals surface area (Å²) in [4.78, 5) is 4.44. The molecule has 0 aromatic carbocycles. The van der Waals surface area contributed by atoms with E-state index in [0.29, 0.717) is 11.7 Å². The van der Waals surface area contributed by atoms with E-state index in [-0.39, 0.29) is 5.54 Å². The molecule has 0 spiro atoms. The number of ether oxygens (including phenoxy) is 1. The molecule has 0 aliphatic heterocycles. The Hall–Kier alpha value is -0.940. The van der Waals surface area contributed by atoms with Crippen molar-refractivity contribution in [2.75, 3.05) is 13.2 Å². The van der Waals surface area contributed by atoms with E-state index in [1.54, 1.807) is 0 Å². The van der Waals surface area contributed by atoms with Crippen molar-refractivity contribution in [1.29, 1.82) is 0 Å². The molecule has 1 aromatic rings. The molecule has 0 amide bonds. The summed E-state index contributed by atoms with van der Waals surface area (Å²) in [6.45, 7) is 3.48. The number of aromatic nitrogens is 2. The second kappa shape index (κ2) is 6.29. The molecule has 1 aromatic heterocycles. The molecule has 0 atom stereocenters. The minimum absolute atomic E-state index is 0.361. The highest BCUT2D eigenvalue weighted by Crippen LogP contribution is 2.32. The van der Waals surface area contributed by atoms with Crippen molar-refractivity contribution in [2.24, 2.45) is 5.73 Å². The van der Waals surface area contributed by atoms with Crippen LogP contribution >= 0.6 is 0 Å². The summed E-state index contributed by atoms with van der Waals surface area (Å²) in [7, 11) is 0. The molecule has 0 unspecified atom stereocenters. The number of aryl methyl sites for hydroxylation is 1. The van der Waals surface area contributed by atoms with Gasteiger partial charge in [0.2, 0.25) is 5.89 Å². The Labute approximate surface area is 108 Å². The molecular weight excluding hydrogens is 230 g/mol. The van der Waals surface area contributed by atoms with Gasteiger partial charge in [-0.25, -0.2) is 0 Å². The van der Waals surface area contributed by atoms with Gasteiger partial charge in [-0.1, -0.05) is 24.4 Å². The Morgan fingerprint density at radius 3 is 2.83 bits per heavy atom. The molecule has 0 radical (unpaired) electrons. The molecule has 2 N–H and O–H groups in total. The van der Waals surface area contributed by atoms with Gasteiger partial charge in [0.15, 0.2) is 5.82 Å². The zero-order valence-corrected chi connectivity index (χ0v) is 11.2. The number of hydrogen-bond donors (Lipinski definition) is 1. The third-order valence-corrected chi connectivity index (χ3v) is 3.54. The zero-order chi connectivity index (χ0) is 12.8. The quantitative estimate of drug-likeness (QED) is 0.786. The second-order valence-electron chi connectivity index (χ2n) is 5.03. The molecule has 1 aliphatic rings. The van der Waals surface area contributed by atoms with Crippen molar-refractivity contribution in [3.63, 3.8) is 0 Å². The smallest absolute Gasteiger partial charge is 0.226 e. The summed E-state index contributed by atoms with van der Waals surface area (Å²) in [6.07, 6.45) is 7.18. The Morgan fingerprint density at radius 1 is 1.33 bits per heavy atom. The van der Waals surface area contributed by atoms with Gasteiger partial charge in [-0.2, -0.15) is 4.98 Å². The molecule has 1 saturated carbocycles. The van der Waals surface area contributed by atoms with Crippen LogP contribution in [0.4, 0.5) is 0 Å². The molecule has 1 fully saturated rings. The number of nitrogens with two attached hydrogens (primary N) is 1. The molecule has 1 heterocycles. The Kier molecular flexibility index (Phi) is 4.72. The monoisotopic (exact) mass is 253 g/mol. The number of rotatable bonds is 6. The van der Waals surface area contributed by atoms with E-state index in [0.717, 1.165) is 51.7 Å². The van der Waals surface area contributed by atoms with Gasteiger partial charge < -0.3 is 15.0 Å². The molecule has 0 bridgehead atoms. The lowest BCUT2D eigenvalue weighted by molar-refractivity contribution is 0.143. The van der Waals surface area contributed by atoms with E-state index in [4.69, 9.17) is 15.0 Å². The highest BCUT2D eigenvalue weighted by atomic mass is 16.5. The van der Waals surface area contributed by atoms with E-state index in [2.05, 4.69) is 10.1 Å². The first-order chi connectivity index (χ1) is 8.74. The maximum atomic E-state index is 6.36. The molecule has 5 heteroatoms. The predicted molar refractivity (Wildman–Crippen MR) is 68.1 cm³/mol. The van der Waals surface area contributed by atoms with Crippen LogP contribution in [0.1, 0.15) is 57.2 Å². The summed E-state index contributed by atoms with van der Waals surface area (Å²) in [6, 6.07) is 0. The van der Waals surface area contributed by atoms with Gasteiger partial charge in [0.25, 0.3) is 0 Å². The lowest BCUT2D eigenvalue weighted by Crippen LogP contribution is -2.39. The first kappa shape index (κ1) is 13.5. The summed E-state index contributed by atoms with van der Waals surface area (Å²) in [5.74, 6) is 1.37. The summed E-state index contributed by atoms with van der Waals surface area (Å²) in [5.41, 5.74) is 6.00. The normalized spacial score (nSPS) is 19.0. The number of hydrogen-bond acceptors (Lipinski definition) is 5. The van der Waals surface area contributed by atoms with Crippen LogP contribution in [0.25, 0.3) is 0 Å². The van der Waals surface area contributed by atoms with E-state index < -0.39 is 0 Å². The first-order valence-electron chi connectivity index (χ1n) is 6.94. The van der Waals surface area contributed by atoms with E-state index in [1.165, 1.54) is 6.42 Å². The van der Waals surface area contributed by atoms with Crippen molar-refractivity contribution < 1.29 is 9.26 Å². The van der Waals surface area contributed by atoms with E-state index >= 15 is 0 Å². The van der Waals surface area contributed by atoms with Crippen LogP contribution in [0.2, 0.25) is 0 Å². The molecule has 5 nitrogen and oxygen atoms in total. The molecule has 1 aliphatic carbocycles. The maximum Gasteiger partial charge on any atom is 0.226 e. The highest BCUT2D eigenvalue weighted by molar-refractivity contribution is 5.05. The SMILES string of the molecule is CCOCCCc1nc(C2(N)CCCCC2)no1. The fourth-order valence-electron chi connectivity index (χ4n) is 2.43. The van der Waals surface area contributed by atoms with Crippen LogP contribution in [0, 0.1) is 0 Å². The third kappa shape index (κ3) is 3.29. The standard InChI is InChI=1S/C13H23N3O2/c1-2-17-10-6-7-11-15-12(16-18-11)13(14)8-4-3-5-9-13/h2-10,14H2,1H3. The average molecular weight is 253 g/mol. The van der Waals surface area contributed by atoms with Crippen LogP contribution in [-0.2, 0) is 16.7 Å². The van der Waals surface area contributed by atoms with Gasteiger partial charge in [0, 0.05) is 19.6 Å². The molecule has 102 valence electrons. The Balaban J connectivity index is 1.88. The molecular formula is C13H23N3O2. The van der Waals surface area contributed by atoms with Gasteiger partial charge >= 0.3 is 0 Å². The van der Waals surface area contributed by atoms with Crippen LogP contribution in [0.15, 0.2) is 4.52 Å².